The van der Waals surface area contributed by atoms with Crippen LogP contribution in [0.2, 0.25) is 0 Å². The normalized spacial score (nSPS) is 10.7. The van der Waals surface area contributed by atoms with E-state index in [1.165, 1.54) is 16.9 Å². The smallest absolute Gasteiger partial charge is 0.188 e. The molecular formula is C17H17ClN4S. The monoisotopic (exact) mass is 344 g/mol. The Morgan fingerprint density at radius 1 is 1.09 bits per heavy atom. The van der Waals surface area contributed by atoms with Crippen molar-refractivity contribution in [3.8, 4) is 0 Å². The maximum atomic E-state index is 5.82. The van der Waals surface area contributed by atoms with Crippen LogP contribution in [0.3, 0.4) is 0 Å². The highest BCUT2D eigenvalue weighted by Gasteiger charge is 2.13. The molecule has 3 aromatic rings. The van der Waals surface area contributed by atoms with E-state index in [1.807, 2.05) is 37.4 Å². The van der Waals surface area contributed by atoms with E-state index in [1.54, 1.807) is 0 Å². The first-order valence-electron chi connectivity index (χ1n) is 7.31. The molecule has 0 spiro atoms. The molecule has 4 nitrogen and oxygen atoms in total. The van der Waals surface area contributed by atoms with Gasteiger partial charge in [0.15, 0.2) is 5.13 Å². The molecular weight excluding hydrogens is 328 g/mol. The Morgan fingerprint density at radius 2 is 1.87 bits per heavy atom. The van der Waals surface area contributed by atoms with E-state index in [0.717, 1.165) is 40.1 Å². The molecule has 0 aliphatic heterocycles. The molecule has 3 rings (SSSR count). The highest BCUT2D eigenvalue weighted by atomic mass is 35.5. The second kappa shape index (κ2) is 7.06. The first-order valence-corrected chi connectivity index (χ1v) is 8.72. The maximum Gasteiger partial charge on any atom is 0.188 e. The lowest BCUT2D eigenvalue weighted by Crippen LogP contribution is -2.06. The van der Waals surface area contributed by atoms with Gasteiger partial charge in [-0.15, -0.1) is 22.9 Å². The molecule has 1 aromatic carbocycles. The predicted octanol–water partition coefficient (Wildman–Crippen LogP) is 4.62. The molecule has 2 heterocycles. The van der Waals surface area contributed by atoms with Gasteiger partial charge >= 0.3 is 0 Å². The zero-order valence-corrected chi connectivity index (χ0v) is 14.6. The Balaban J connectivity index is 1.94. The van der Waals surface area contributed by atoms with Gasteiger partial charge in [-0.1, -0.05) is 30.3 Å². The summed E-state index contributed by atoms with van der Waals surface area (Å²) in [6, 6.07) is 10.3. The van der Waals surface area contributed by atoms with Crippen molar-refractivity contribution in [3.05, 3.63) is 64.1 Å². The number of nitrogens with one attached hydrogen (secondary N) is 1. The van der Waals surface area contributed by atoms with E-state index < -0.39 is 0 Å². The molecule has 0 unspecified atom stereocenters. The van der Waals surface area contributed by atoms with Gasteiger partial charge in [0, 0.05) is 23.1 Å². The number of aryl methyl sites for hydroxylation is 2. The summed E-state index contributed by atoms with van der Waals surface area (Å²) in [4.78, 5) is 13.5. The lowest BCUT2D eigenvalue weighted by atomic mass is 10.0. The fourth-order valence-corrected chi connectivity index (χ4v) is 3.32. The quantitative estimate of drug-likeness (QED) is 0.686. The van der Waals surface area contributed by atoms with Crippen molar-refractivity contribution >= 4 is 33.9 Å². The summed E-state index contributed by atoms with van der Waals surface area (Å²) in [5.74, 6) is 1.97. The van der Waals surface area contributed by atoms with Gasteiger partial charge in [0.25, 0.3) is 0 Å². The van der Waals surface area contributed by atoms with E-state index in [0.29, 0.717) is 5.88 Å². The number of nitrogens with zero attached hydrogens (tertiary/aromatic N) is 3. The zero-order valence-electron chi connectivity index (χ0n) is 13.0. The van der Waals surface area contributed by atoms with Crippen LogP contribution in [0, 0.1) is 13.8 Å². The lowest BCUT2D eigenvalue weighted by molar-refractivity contribution is 0.964. The molecule has 0 atom stereocenters. The summed E-state index contributed by atoms with van der Waals surface area (Å²) >= 11 is 7.35. The average molecular weight is 345 g/mol. The van der Waals surface area contributed by atoms with Gasteiger partial charge in [0.2, 0.25) is 0 Å². The van der Waals surface area contributed by atoms with Crippen molar-refractivity contribution in [3.63, 3.8) is 0 Å². The number of alkyl halides is 1. The minimum atomic E-state index is 0.414. The predicted molar refractivity (Wildman–Crippen MR) is 95.7 cm³/mol. The summed E-state index contributed by atoms with van der Waals surface area (Å²) in [6.07, 6.45) is 0.781. The number of hydrogen-bond donors (Lipinski definition) is 1. The molecule has 0 amide bonds. The number of anilines is 2. The molecule has 0 aliphatic rings. The van der Waals surface area contributed by atoms with E-state index in [-0.39, 0.29) is 0 Å². The van der Waals surface area contributed by atoms with Crippen LogP contribution >= 0.6 is 22.9 Å². The van der Waals surface area contributed by atoms with Crippen LogP contribution in [-0.4, -0.2) is 15.0 Å². The number of rotatable bonds is 5. The SMILES string of the molecule is Cc1nc(C)c(Cc2ccccc2)c(Nc2nc(CCl)cs2)n1. The standard InChI is InChI=1S/C17H17ClN4S/c1-11-15(8-13-6-4-3-5-7-13)16(20-12(2)19-11)22-17-21-14(9-18)10-23-17/h3-7,10H,8-9H2,1-2H3,(H,19,20,21,22). The van der Waals surface area contributed by atoms with Crippen molar-refractivity contribution in [2.45, 2.75) is 26.1 Å². The first kappa shape index (κ1) is 15.9. The van der Waals surface area contributed by atoms with E-state index >= 15 is 0 Å². The van der Waals surface area contributed by atoms with Gasteiger partial charge in [-0.2, -0.15) is 0 Å². The van der Waals surface area contributed by atoms with Crippen molar-refractivity contribution in [2.24, 2.45) is 0 Å². The second-order valence-electron chi connectivity index (χ2n) is 5.25. The Bertz CT molecular complexity index is 802. The highest BCUT2D eigenvalue weighted by molar-refractivity contribution is 7.13. The molecule has 6 heteroatoms. The summed E-state index contributed by atoms with van der Waals surface area (Å²) in [7, 11) is 0. The third-order valence-electron chi connectivity index (χ3n) is 3.46. The fraction of sp³-hybridized carbons (Fsp3) is 0.235. The average Bonchev–Trinajstić information content (AvgIpc) is 2.99. The van der Waals surface area contributed by atoms with Gasteiger partial charge in [0.1, 0.15) is 11.6 Å². The van der Waals surface area contributed by atoms with Crippen molar-refractivity contribution in [2.75, 3.05) is 5.32 Å². The molecule has 2 aromatic heterocycles. The third-order valence-corrected chi connectivity index (χ3v) is 4.54. The molecule has 0 fully saturated rings. The van der Waals surface area contributed by atoms with E-state index in [2.05, 4.69) is 32.4 Å². The summed E-state index contributed by atoms with van der Waals surface area (Å²) in [5, 5.41) is 6.08. The van der Waals surface area contributed by atoms with Crippen LogP contribution in [0.15, 0.2) is 35.7 Å². The number of halogens is 1. The largest absolute Gasteiger partial charge is 0.316 e. The minimum absolute atomic E-state index is 0.414. The van der Waals surface area contributed by atoms with E-state index in [9.17, 15) is 0 Å². The Morgan fingerprint density at radius 3 is 2.57 bits per heavy atom. The molecule has 0 saturated heterocycles. The van der Waals surface area contributed by atoms with Gasteiger partial charge < -0.3 is 5.32 Å². The summed E-state index contributed by atoms with van der Waals surface area (Å²) < 4.78 is 0. The van der Waals surface area contributed by atoms with Gasteiger partial charge in [-0.05, 0) is 19.4 Å². The van der Waals surface area contributed by atoms with Gasteiger partial charge in [-0.25, -0.2) is 15.0 Å². The van der Waals surface area contributed by atoms with Crippen LogP contribution < -0.4 is 5.32 Å². The fourth-order valence-electron chi connectivity index (χ4n) is 2.38. The van der Waals surface area contributed by atoms with Crippen LogP contribution in [0.4, 0.5) is 10.9 Å². The highest BCUT2D eigenvalue weighted by Crippen LogP contribution is 2.26. The second-order valence-corrected chi connectivity index (χ2v) is 6.37. The maximum absolute atomic E-state index is 5.82. The van der Waals surface area contributed by atoms with Crippen LogP contribution in [0.25, 0.3) is 0 Å². The van der Waals surface area contributed by atoms with Crippen molar-refractivity contribution in [1.82, 2.24) is 15.0 Å². The summed E-state index contributed by atoms with van der Waals surface area (Å²) in [5.41, 5.74) is 4.17. The topological polar surface area (TPSA) is 50.7 Å². The lowest BCUT2D eigenvalue weighted by Gasteiger charge is -2.13. The number of hydrogen-bond acceptors (Lipinski definition) is 5. The molecule has 0 aliphatic carbocycles. The first-order chi connectivity index (χ1) is 11.2. The van der Waals surface area contributed by atoms with Gasteiger partial charge in [0.05, 0.1) is 11.6 Å². The van der Waals surface area contributed by atoms with Gasteiger partial charge in [-0.3, -0.25) is 0 Å². The third kappa shape index (κ3) is 3.86. The molecule has 0 radical (unpaired) electrons. The Hall–Kier alpha value is -1.98. The Labute approximate surface area is 144 Å². The molecule has 23 heavy (non-hydrogen) atoms. The number of aromatic nitrogens is 3. The molecule has 118 valence electrons. The van der Waals surface area contributed by atoms with Crippen molar-refractivity contribution in [1.29, 1.82) is 0 Å². The van der Waals surface area contributed by atoms with E-state index in [4.69, 9.17) is 11.6 Å². The number of thiazole rings is 1. The molecule has 0 bridgehead atoms. The van der Waals surface area contributed by atoms with Crippen molar-refractivity contribution < 1.29 is 0 Å². The molecule has 0 saturated carbocycles. The molecule has 1 N–H and O–H groups in total. The zero-order chi connectivity index (χ0) is 16.2. The Kier molecular flexibility index (Phi) is 4.88. The van der Waals surface area contributed by atoms with Crippen LogP contribution in [0.1, 0.15) is 28.3 Å². The van der Waals surface area contributed by atoms with Crippen LogP contribution in [-0.2, 0) is 12.3 Å². The minimum Gasteiger partial charge on any atom is -0.316 e. The van der Waals surface area contributed by atoms with Crippen LogP contribution in [0.5, 0.6) is 0 Å². The number of benzene rings is 1. The summed E-state index contributed by atoms with van der Waals surface area (Å²) in [6.45, 7) is 3.92.